The number of hydrogen-bond acceptors (Lipinski definition) is 0. The van der Waals surface area contributed by atoms with Crippen LogP contribution in [0, 0.1) is 30.2 Å². The van der Waals surface area contributed by atoms with Crippen LogP contribution in [0.25, 0.3) is 11.1 Å². The molecular formula is C42H48Zr-4. The topological polar surface area (TPSA) is 0 Å². The first-order valence-corrected chi connectivity index (χ1v) is 16.8. The molecule has 0 radical (unpaired) electrons. The summed E-state index contributed by atoms with van der Waals surface area (Å²) < 4.78 is 3.34. The van der Waals surface area contributed by atoms with E-state index in [-0.39, 0.29) is 10.8 Å². The Morgan fingerprint density at radius 1 is 0.674 bits per heavy atom. The summed E-state index contributed by atoms with van der Waals surface area (Å²) >= 11 is 1.30. The minimum atomic E-state index is 0.273. The third-order valence-electron chi connectivity index (χ3n) is 7.32. The number of benzene rings is 4. The van der Waals surface area contributed by atoms with E-state index < -0.39 is 0 Å². The summed E-state index contributed by atoms with van der Waals surface area (Å²) in [7, 11) is 0. The first kappa shape index (κ1) is 36.3. The van der Waals surface area contributed by atoms with Gasteiger partial charge in [0.2, 0.25) is 0 Å². The molecule has 224 valence electrons. The van der Waals surface area contributed by atoms with Crippen molar-refractivity contribution in [2.24, 2.45) is 5.92 Å². The maximum absolute atomic E-state index is 3.34. The summed E-state index contributed by atoms with van der Waals surface area (Å²) in [4.78, 5) is 0. The van der Waals surface area contributed by atoms with Crippen molar-refractivity contribution in [2.75, 3.05) is 0 Å². The van der Waals surface area contributed by atoms with Crippen LogP contribution in [0.2, 0.25) is 0 Å². The molecule has 1 atom stereocenters. The molecule has 0 saturated heterocycles. The van der Waals surface area contributed by atoms with Crippen molar-refractivity contribution < 1.29 is 24.2 Å². The van der Waals surface area contributed by atoms with E-state index in [0.29, 0.717) is 5.92 Å². The largest absolute Gasteiger partial charge is 0.179 e. The zero-order valence-electron chi connectivity index (χ0n) is 27.7. The smallest absolute Gasteiger partial charge is 0.0253 e. The number of fused-ring (bicyclic) bond motifs is 3. The molecule has 43 heavy (non-hydrogen) atoms. The fraction of sp³-hybridized carbons (Fsp3) is 0.310. The normalized spacial score (nSPS) is 14.3. The quantitative estimate of drug-likeness (QED) is 0.147. The van der Waals surface area contributed by atoms with Crippen molar-refractivity contribution >= 4 is 4.21 Å². The first-order chi connectivity index (χ1) is 20.4. The zero-order chi connectivity index (χ0) is 32.0. The third kappa shape index (κ3) is 12.0. The summed E-state index contributed by atoms with van der Waals surface area (Å²) in [6, 6.07) is 40.4. The maximum atomic E-state index is 3.34. The van der Waals surface area contributed by atoms with Gasteiger partial charge < -0.3 is 0 Å². The molecule has 0 aromatic heterocycles. The molecule has 6 rings (SSSR count). The SMILES string of the molecule is CC(C)(C)c1cc[c-]cc1.CC(C)(C)c1cc[c-]cc1.CC1=[C-]C(C)C=C1C.[CH2]=[Zr].[c-]1cccc2c1Cc1ccccc1-2. The van der Waals surface area contributed by atoms with Gasteiger partial charge in [0.1, 0.15) is 0 Å². The van der Waals surface area contributed by atoms with Crippen molar-refractivity contribution in [1.29, 1.82) is 0 Å². The molecular weight excluding hydrogens is 596 g/mol. The van der Waals surface area contributed by atoms with Crippen LogP contribution in [0.15, 0.2) is 108 Å². The molecule has 0 aliphatic heterocycles. The third-order valence-corrected chi connectivity index (χ3v) is 7.32. The minimum absolute atomic E-state index is 0.273. The maximum Gasteiger partial charge on any atom is -0.0253 e. The van der Waals surface area contributed by atoms with Crippen molar-refractivity contribution in [3.8, 4) is 11.1 Å². The first-order valence-electron chi connectivity index (χ1n) is 15.0. The Hall–Kier alpha value is -2.89. The zero-order valence-corrected chi connectivity index (χ0v) is 30.2. The summed E-state index contributed by atoms with van der Waals surface area (Å²) in [6.45, 7) is 19.7. The molecule has 0 spiro atoms. The molecule has 0 saturated carbocycles. The van der Waals surface area contributed by atoms with Crippen molar-refractivity contribution in [1.82, 2.24) is 0 Å². The second-order valence-corrected chi connectivity index (χ2v) is 12.9. The second-order valence-electron chi connectivity index (χ2n) is 12.9. The fourth-order valence-electron chi connectivity index (χ4n) is 4.77. The monoisotopic (exact) mass is 642 g/mol. The van der Waals surface area contributed by atoms with E-state index in [1.54, 1.807) is 0 Å². The van der Waals surface area contributed by atoms with Crippen molar-refractivity contribution in [2.45, 2.75) is 79.6 Å². The molecule has 0 bridgehead atoms. The van der Waals surface area contributed by atoms with Gasteiger partial charge in [-0.2, -0.15) is 108 Å². The van der Waals surface area contributed by atoms with E-state index in [1.165, 1.54) is 68.8 Å². The van der Waals surface area contributed by atoms with Crippen LogP contribution < -0.4 is 0 Å². The molecule has 1 heteroatoms. The van der Waals surface area contributed by atoms with Gasteiger partial charge in [0.05, 0.1) is 0 Å². The Bertz CT molecular complexity index is 1330. The van der Waals surface area contributed by atoms with E-state index in [4.69, 9.17) is 0 Å². The van der Waals surface area contributed by atoms with E-state index in [0.717, 1.165) is 6.42 Å². The predicted molar refractivity (Wildman–Crippen MR) is 184 cm³/mol. The van der Waals surface area contributed by atoms with Gasteiger partial charge in [-0.25, -0.2) is 11.1 Å². The summed E-state index contributed by atoms with van der Waals surface area (Å²) in [5.74, 6) is 0.551. The Balaban J connectivity index is 0.000000199. The Kier molecular flexibility index (Phi) is 14.7. The van der Waals surface area contributed by atoms with Crippen LogP contribution in [0.3, 0.4) is 0 Å². The van der Waals surface area contributed by atoms with Crippen LogP contribution >= 0.6 is 0 Å². The van der Waals surface area contributed by atoms with Crippen molar-refractivity contribution in [3.63, 3.8) is 0 Å². The van der Waals surface area contributed by atoms with Crippen LogP contribution in [-0.2, 0) is 41.5 Å². The van der Waals surface area contributed by atoms with Gasteiger partial charge in [-0.1, -0.05) is 96.7 Å². The van der Waals surface area contributed by atoms with Gasteiger partial charge in [0.15, 0.2) is 0 Å². The Morgan fingerprint density at radius 3 is 1.56 bits per heavy atom. The van der Waals surface area contributed by atoms with E-state index in [9.17, 15) is 0 Å². The molecule has 0 amide bonds. The average molecular weight is 644 g/mol. The van der Waals surface area contributed by atoms with Gasteiger partial charge >= 0.3 is 28.4 Å². The molecule has 1 unspecified atom stereocenters. The molecule has 2 aliphatic carbocycles. The van der Waals surface area contributed by atoms with Crippen LogP contribution in [0.1, 0.15) is 84.6 Å². The molecule has 0 nitrogen and oxygen atoms in total. The standard InChI is InChI=1S/C13H9.2C10H13.C8H11.CH2.Zr/c1-3-7-12-10(5-1)9-11-6-2-4-8-13(11)12;2*1-10(2,3)9-7-5-4-6-8-9;1-6-4-7(2)8(3)5-6;;/h1-5,7-8H,9H2;2*5-8H,1-3H3;4,6H,1-3H3;1H2;/q4*-1;;. The molecule has 2 aliphatic rings. The molecule has 0 fully saturated rings. The fourth-order valence-corrected chi connectivity index (χ4v) is 4.77. The molecule has 4 aromatic carbocycles. The number of hydrogen-bond donors (Lipinski definition) is 0. The predicted octanol–water partition coefficient (Wildman–Crippen LogP) is 10.9. The molecule has 0 heterocycles. The van der Waals surface area contributed by atoms with Crippen LogP contribution in [0.5, 0.6) is 0 Å². The summed E-state index contributed by atoms with van der Waals surface area (Å²) in [6.07, 6.45) is 6.57. The summed E-state index contributed by atoms with van der Waals surface area (Å²) in [5, 5.41) is 0. The van der Waals surface area contributed by atoms with Crippen LogP contribution in [0.4, 0.5) is 0 Å². The molecule has 0 N–H and O–H groups in total. The van der Waals surface area contributed by atoms with Crippen molar-refractivity contribution in [3.05, 3.63) is 155 Å². The van der Waals surface area contributed by atoms with Gasteiger partial charge in [0, 0.05) is 0 Å². The van der Waals surface area contributed by atoms with Crippen LogP contribution in [-0.4, -0.2) is 4.21 Å². The van der Waals surface area contributed by atoms with E-state index in [1.807, 2.05) is 30.3 Å². The number of rotatable bonds is 0. The van der Waals surface area contributed by atoms with Gasteiger partial charge in [0.25, 0.3) is 0 Å². The second kappa shape index (κ2) is 17.4. The van der Waals surface area contributed by atoms with Gasteiger partial charge in [-0.3, -0.25) is 6.08 Å². The number of allylic oxidation sites excluding steroid dienone is 4. The summed E-state index contributed by atoms with van der Waals surface area (Å²) in [5.41, 5.74) is 11.5. The van der Waals surface area contributed by atoms with Gasteiger partial charge in [-0.05, 0) is 17.3 Å². The van der Waals surface area contributed by atoms with E-state index in [2.05, 4.69) is 158 Å². The van der Waals surface area contributed by atoms with Gasteiger partial charge in [-0.15, -0.1) is 12.5 Å². The Labute approximate surface area is 278 Å². The van der Waals surface area contributed by atoms with E-state index >= 15 is 0 Å². The minimum Gasteiger partial charge on any atom is -0.179 e. The Morgan fingerprint density at radius 2 is 1.16 bits per heavy atom. The molecule has 4 aromatic rings. The average Bonchev–Trinajstić information content (AvgIpc) is 3.52.